The Morgan fingerprint density at radius 3 is 3.10 bits per heavy atom. The molecule has 1 rings (SSSR count). The molecule has 0 amide bonds. The first-order valence-corrected chi connectivity index (χ1v) is 4.29. The number of nitrogens with zero attached hydrogens (tertiary/aromatic N) is 1. The first kappa shape index (κ1) is 7.47. The number of aromatic nitrogens is 2. The lowest BCUT2D eigenvalue weighted by Gasteiger charge is -1.91. The van der Waals surface area contributed by atoms with Crippen LogP contribution in [0.15, 0.2) is 6.20 Å². The molecule has 0 aliphatic carbocycles. The molecule has 0 aromatic carbocycles. The van der Waals surface area contributed by atoms with Crippen LogP contribution in [-0.2, 0) is 5.75 Å². The van der Waals surface area contributed by atoms with Gasteiger partial charge in [-0.25, -0.2) is 4.98 Å². The summed E-state index contributed by atoms with van der Waals surface area (Å²) in [5.41, 5.74) is 0. The number of H-pyrrole nitrogens is 1. The van der Waals surface area contributed by atoms with Crippen molar-refractivity contribution in [3.8, 4) is 5.88 Å². The quantitative estimate of drug-likeness (QED) is 0.698. The van der Waals surface area contributed by atoms with E-state index in [0.29, 0.717) is 0 Å². The van der Waals surface area contributed by atoms with Gasteiger partial charge in [-0.1, -0.05) is 6.92 Å². The summed E-state index contributed by atoms with van der Waals surface area (Å²) in [5.74, 6) is 2.90. The highest BCUT2D eigenvalue weighted by Gasteiger charge is 1.96. The number of nitrogens with one attached hydrogen (secondary N) is 1. The second kappa shape index (κ2) is 3.51. The molecule has 10 heavy (non-hydrogen) atoms. The standard InChI is InChI=1S/C6H10N2OS/c1-2-10-4-5-7-3-6(9)8-5/h3,9H,2,4H2,1H3,(H,7,8). The van der Waals surface area contributed by atoms with Gasteiger partial charge in [-0.2, -0.15) is 11.8 Å². The fraction of sp³-hybridized carbons (Fsp3) is 0.500. The fourth-order valence-corrected chi connectivity index (χ4v) is 1.17. The zero-order valence-corrected chi connectivity index (χ0v) is 6.61. The average Bonchev–Trinajstić information content (AvgIpc) is 2.31. The van der Waals surface area contributed by atoms with Crippen LogP contribution < -0.4 is 0 Å². The van der Waals surface area contributed by atoms with E-state index in [-0.39, 0.29) is 5.88 Å². The van der Waals surface area contributed by atoms with E-state index < -0.39 is 0 Å². The number of rotatable bonds is 3. The molecular weight excluding hydrogens is 148 g/mol. The summed E-state index contributed by atoms with van der Waals surface area (Å²) < 4.78 is 0. The third-order valence-electron chi connectivity index (χ3n) is 1.06. The molecule has 2 N–H and O–H groups in total. The molecular formula is C6H10N2OS. The topological polar surface area (TPSA) is 48.9 Å². The van der Waals surface area contributed by atoms with Crippen LogP contribution in [0.5, 0.6) is 5.88 Å². The molecule has 0 aliphatic heterocycles. The third kappa shape index (κ3) is 1.95. The van der Waals surface area contributed by atoms with Gasteiger partial charge in [0.05, 0.1) is 11.9 Å². The smallest absolute Gasteiger partial charge is 0.208 e. The van der Waals surface area contributed by atoms with Crippen LogP contribution in [0.2, 0.25) is 0 Å². The Morgan fingerprint density at radius 2 is 2.60 bits per heavy atom. The van der Waals surface area contributed by atoms with Crippen LogP contribution in [0.25, 0.3) is 0 Å². The zero-order chi connectivity index (χ0) is 7.40. The van der Waals surface area contributed by atoms with E-state index >= 15 is 0 Å². The molecule has 0 unspecified atom stereocenters. The Bertz CT molecular complexity index is 199. The molecule has 1 aromatic rings. The first-order chi connectivity index (χ1) is 4.83. The van der Waals surface area contributed by atoms with Crippen molar-refractivity contribution in [1.29, 1.82) is 0 Å². The lowest BCUT2D eigenvalue weighted by atomic mass is 10.7. The molecule has 0 saturated heterocycles. The molecule has 4 heteroatoms. The Balaban J connectivity index is 2.42. The third-order valence-corrected chi connectivity index (χ3v) is 1.94. The maximum absolute atomic E-state index is 8.83. The Labute approximate surface area is 63.9 Å². The van der Waals surface area contributed by atoms with E-state index in [1.54, 1.807) is 11.8 Å². The van der Waals surface area contributed by atoms with Gasteiger partial charge in [0.15, 0.2) is 0 Å². The minimum absolute atomic E-state index is 0.145. The van der Waals surface area contributed by atoms with Crippen LogP contribution in [0.3, 0.4) is 0 Å². The number of aromatic amines is 1. The van der Waals surface area contributed by atoms with Gasteiger partial charge in [0.2, 0.25) is 5.88 Å². The summed E-state index contributed by atoms with van der Waals surface area (Å²) in [4.78, 5) is 6.66. The predicted molar refractivity (Wildman–Crippen MR) is 42.1 cm³/mol. The van der Waals surface area contributed by atoms with Crippen LogP contribution in [0.4, 0.5) is 0 Å². The predicted octanol–water partition coefficient (Wildman–Crippen LogP) is 1.37. The second-order valence-electron chi connectivity index (χ2n) is 1.85. The summed E-state index contributed by atoms with van der Waals surface area (Å²) in [5, 5.41) is 8.83. The van der Waals surface area contributed by atoms with E-state index in [2.05, 4.69) is 16.9 Å². The van der Waals surface area contributed by atoms with Gasteiger partial charge in [-0.3, -0.25) is 0 Å². The van der Waals surface area contributed by atoms with Crippen molar-refractivity contribution < 1.29 is 5.11 Å². The lowest BCUT2D eigenvalue weighted by molar-refractivity contribution is 0.456. The fourth-order valence-electron chi connectivity index (χ4n) is 0.624. The van der Waals surface area contributed by atoms with Gasteiger partial charge in [-0.05, 0) is 5.75 Å². The normalized spacial score (nSPS) is 10.1. The van der Waals surface area contributed by atoms with E-state index in [1.807, 2.05) is 0 Å². The molecule has 0 radical (unpaired) electrons. The number of thioether (sulfide) groups is 1. The van der Waals surface area contributed by atoms with Crippen molar-refractivity contribution in [2.75, 3.05) is 5.75 Å². The molecule has 0 bridgehead atoms. The molecule has 0 saturated carbocycles. The maximum atomic E-state index is 8.83. The van der Waals surface area contributed by atoms with Gasteiger partial charge in [0.25, 0.3) is 0 Å². The monoisotopic (exact) mass is 158 g/mol. The zero-order valence-electron chi connectivity index (χ0n) is 5.79. The molecule has 1 heterocycles. The number of hydrogen-bond donors (Lipinski definition) is 2. The summed E-state index contributed by atoms with van der Waals surface area (Å²) in [7, 11) is 0. The Morgan fingerprint density at radius 1 is 1.80 bits per heavy atom. The van der Waals surface area contributed by atoms with Gasteiger partial charge >= 0.3 is 0 Å². The lowest BCUT2D eigenvalue weighted by Crippen LogP contribution is -1.82. The second-order valence-corrected chi connectivity index (χ2v) is 3.13. The average molecular weight is 158 g/mol. The van der Waals surface area contributed by atoms with E-state index in [0.717, 1.165) is 17.3 Å². The number of hydrogen-bond acceptors (Lipinski definition) is 3. The molecule has 56 valence electrons. The summed E-state index contributed by atoms with van der Waals surface area (Å²) in [6.45, 7) is 2.09. The van der Waals surface area contributed by atoms with Crippen molar-refractivity contribution >= 4 is 11.8 Å². The van der Waals surface area contributed by atoms with E-state index in [4.69, 9.17) is 5.11 Å². The van der Waals surface area contributed by atoms with E-state index in [9.17, 15) is 0 Å². The molecule has 0 atom stereocenters. The van der Waals surface area contributed by atoms with Crippen molar-refractivity contribution in [1.82, 2.24) is 9.97 Å². The highest BCUT2D eigenvalue weighted by Crippen LogP contribution is 2.10. The minimum Gasteiger partial charge on any atom is -0.493 e. The van der Waals surface area contributed by atoms with Crippen LogP contribution in [0.1, 0.15) is 12.7 Å². The van der Waals surface area contributed by atoms with Crippen LogP contribution >= 0.6 is 11.8 Å². The first-order valence-electron chi connectivity index (χ1n) is 3.13. The molecule has 1 aromatic heterocycles. The van der Waals surface area contributed by atoms with Crippen molar-refractivity contribution in [3.63, 3.8) is 0 Å². The van der Waals surface area contributed by atoms with Gasteiger partial charge in [-0.15, -0.1) is 0 Å². The number of imidazole rings is 1. The molecule has 0 fully saturated rings. The number of aromatic hydroxyl groups is 1. The summed E-state index contributed by atoms with van der Waals surface area (Å²) in [6, 6.07) is 0. The van der Waals surface area contributed by atoms with Crippen LogP contribution in [-0.4, -0.2) is 20.8 Å². The summed E-state index contributed by atoms with van der Waals surface area (Å²) >= 11 is 1.77. The largest absolute Gasteiger partial charge is 0.493 e. The van der Waals surface area contributed by atoms with Gasteiger partial charge < -0.3 is 10.1 Å². The Kier molecular flexibility index (Phi) is 2.62. The van der Waals surface area contributed by atoms with Gasteiger partial charge in [0.1, 0.15) is 5.82 Å². The van der Waals surface area contributed by atoms with Crippen LogP contribution in [0, 0.1) is 0 Å². The molecule has 0 spiro atoms. The van der Waals surface area contributed by atoms with Crippen molar-refractivity contribution in [2.24, 2.45) is 0 Å². The van der Waals surface area contributed by atoms with Crippen molar-refractivity contribution in [3.05, 3.63) is 12.0 Å². The van der Waals surface area contributed by atoms with Crippen molar-refractivity contribution in [2.45, 2.75) is 12.7 Å². The Hall–Kier alpha value is -0.640. The SMILES string of the molecule is CCSCc1ncc(O)[nH]1. The molecule has 0 aliphatic rings. The minimum atomic E-state index is 0.145. The highest BCUT2D eigenvalue weighted by atomic mass is 32.2. The highest BCUT2D eigenvalue weighted by molar-refractivity contribution is 7.98. The van der Waals surface area contributed by atoms with E-state index in [1.165, 1.54) is 6.20 Å². The maximum Gasteiger partial charge on any atom is 0.208 e. The molecule has 3 nitrogen and oxygen atoms in total. The summed E-state index contributed by atoms with van der Waals surface area (Å²) in [6.07, 6.45) is 1.42. The van der Waals surface area contributed by atoms with Gasteiger partial charge in [0, 0.05) is 0 Å².